The normalized spacial score (nSPS) is 16.1. The fraction of sp³-hybridized carbons (Fsp3) is 0.600. The topological polar surface area (TPSA) is 21.3 Å². The molecule has 3 heteroatoms. The molecule has 1 saturated carbocycles. The molecule has 0 unspecified atom stereocenters. The van der Waals surface area contributed by atoms with Crippen LogP contribution < -0.4 is 10.1 Å². The molecule has 0 aliphatic heterocycles. The Morgan fingerprint density at radius 3 is 2.83 bits per heavy atom. The first-order chi connectivity index (χ1) is 8.75. The summed E-state index contributed by atoms with van der Waals surface area (Å²) in [5, 5.41) is 3.42. The van der Waals surface area contributed by atoms with Crippen LogP contribution in [0.1, 0.15) is 31.2 Å². The highest BCUT2D eigenvalue weighted by molar-refractivity contribution is 5.28. The highest BCUT2D eigenvalue weighted by atomic mass is 19.1. The van der Waals surface area contributed by atoms with Crippen LogP contribution in [-0.4, -0.2) is 19.7 Å². The van der Waals surface area contributed by atoms with Crippen LogP contribution in [0, 0.1) is 18.7 Å². The molecular formula is C15H22FNO. The number of hydrogen-bond donors (Lipinski definition) is 1. The van der Waals surface area contributed by atoms with Crippen molar-refractivity contribution >= 4 is 0 Å². The predicted molar refractivity (Wildman–Crippen MR) is 71.5 cm³/mol. The second-order valence-electron chi connectivity index (χ2n) is 5.11. The fourth-order valence-corrected chi connectivity index (χ4v) is 2.47. The van der Waals surface area contributed by atoms with E-state index in [1.165, 1.54) is 31.7 Å². The number of halogens is 1. The van der Waals surface area contributed by atoms with E-state index in [-0.39, 0.29) is 5.82 Å². The highest BCUT2D eigenvalue weighted by Crippen LogP contribution is 2.23. The second-order valence-corrected chi connectivity index (χ2v) is 5.11. The van der Waals surface area contributed by atoms with Gasteiger partial charge in [0, 0.05) is 6.54 Å². The van der Waals surface area contributed by atoms with E-state index < -0.39 is 0 Å². The molecule has 0 spiro atoms. The van der Waals surface area contributed by atoms with Crippen LogP contribution in [0.5, 0.6) is 5.75 Å². The van der Waals surface area contributed by atoms with Crippen molar-refractivity contribution in [1.29, 1.82) is 0 Å². The van der Waals surface area contributed by atoms with E-state index >= 15 is 0 Å². The molecule has 0 aromatic heterocycles. The molecular weight excluding hydrogens is 229 g/mol. The Bertz CT molecular complexity index is 375. The molecule has 1 aromatic rings. The van der Waals surface area contributed by atoms with Crippen molar-refractivity contribution < 1.29 is 9.13 Å². The van der Waals surface area contributed by atoms with E-state index in [4.69, 9.17) is 4.74 Å². The summed E-state index contributed by atoms with van der Waals surface area (Å²) in [5.41, 5.74) is 0.631. The van der Waals surface area contributed by atoms with Crippen LogP contribution in [0.25, 0.3) is 0 Å². The molecule has 1 aliphatic carbocycles. The minimum Gasteiger partial charge on any atom is -0.492 e. The lowest BCUT2D eigenvalue weighted by molar-refractivity contribution is 0.308. The summed E-state index contributed by atoms with van der Waals surface area (Å²) in [7, 11) is 0. The predicted octanol–water partition coefficient (Wildman–Crippen LogP) is 3.29. The quantitative estimate of drug-likeness (QED) is 0.783. The molecule has 1 aliphatic rings. The van der Waals surface area contributed by atoms with Gasteiger partial charge in [0.05, 0.1) is 0 Å². The zero-order chi connectivity index (χ0) is 12.8. The van der Waals surface area contributed by atoms with Gasteiger partial charge in [0.1, 0.15) is 18.2 Å². The highest BCUT2D eigenvalue weighted by Gasteiger charge is 2.13. The Kier molecular flexibility index (Phi) is 5.00. The Hall–Kier alpha value is -1.09. The standard InChI is InChI=1S/C15H22FNO/c1-12-10-14(6-7-15(12)16)18-9-8-17-11-13-4-2-3-5-13/h6-7,10,13,17H,2-5,8-9,11H2,1H3. The van der Waals surface area contributed by atoms with Gasteiger partial charge >= 0.3 is 0 Å². The molecule has 0 atom stereocenters. The summed E-state index contributed by atoms with van der Waals surface area (Å²) in [6, 6.07) is 4.88. The van der Waals surface area contributed by atoms with Crippen LogP contribution in [0.4, 0.5) is 4.39 Å². The van der Waals surface area contributed by atoms with Gasteiger partial charge in [-0.25, -0.2) is 4.39 Å². The number of benzene rings is 1. The molecule has 0 radical (unpaired) electrons. The molecule has 0 heterocycles. The maximum absolute atomic E-state index is 13.0. The van der Waals surface area contributed by atoms with Gasteiger partial charge in [-0.05, 0) is 56.0 Å². The average Bonchev–Trinajstić information content (AvgIpc) is 2.86. The third-order valence-corrected chi connectivity index (χ3v) is 3.58. The molecule has 0 bridgehead atoms. The zero-order valence-electron chi connectivity index (χ0n) is 11.0. The number of hydrogen-bond acceptors (Lipinski definition) is 2. The van der Waals surface area contributed by atoms with Crippen molar-refractivity contribution in [3.05, 3.63) is 29.6 Å². The Balaban J connectivity index is 1.61. The molecule has 2 nitrogen and oxygen atoms in total. The van der Waals surface area contributed by atoms with Crippen LogP contribution in [0.15, 0.2) is 18.2 Å². The Labute approximate surface area is 109 Å². The van der Waals surface area contributed by atoms with E-state index in [1.54, 1.807) is 19.1 Å². The molecule has 0 amide bonds. The van der Waals surface area contributed by atoms with E-state index in [0.717, 1.165) is 24.8 Å². The van der Waals surface area contributed by atoms with Crippen LogP contribution in [-0.2, 0) is 0 Å². The van der Waals surface area contributed by atoms with Gasteiger partial charge in [0.15, 0.2) is 0 Å². The number of rotatable bonds is 6. The SMILES string of the molecule is Cc1cc(OCCNCC2CCCC2)ccc1F. The summed E-state index contributed by atoms with van der Waals surface area (Å²) >= 11 is 0. The summed E-state index contributed by atoms with van der Waals surface area (Å²) in [6.07, 6.45) is 5.51. The van der Waals surface area contributed by atoms with E-state index in [0.29, 0.717) is 12.2 Å². The number of ether oxygens (including phenoxy) is 1. The van der Waals surface area contributed by atoms with Gasteiger partial charge < -0.3 is 10.1 Å². The maximum Gasteiger partial charge on any atom is 0.126 e. The fourth-order valence-electron chi connectivity index (χ4n) is 2.47. The van der Waals surface area contributed by atoms with Gasteiger partial charge in [-0.1, -0.05) is 12.8 Å². The zero-order valence-corrected chi connectivity index (χ0v) is 11.0. The van der Waals surface area contributed by atoms with Crippen LogP contribution >= 0.6 is 0 Å². The van der Waals surface area contributed by atoms with Gasteiger partial charge in [-0.3, -0.25) is 0 Å². The lowest BCUT2D eigenvalue weighted by Crippen LogP contribution is -2.26. The van der Waals surface area contributed by atoms with Crippen molar-refractivity contribution in [2.75, 3.05) is 19.7 Å². The summed E-state index contributed by atoms with van der Waals surface area (Å²) < 4.78 is 18.6. The largest absolute Gasteiger partial charge is 0.492 e. The molecule has 1 fully saturated rings. The van der Waals surface area contributed by atoms with Gasteiger partial charge in [0.2, 0.25) is 0 Å². The molecule has 1 aromatic carbocycles. The van der Waals surface area contributed by atoms with Gasteiger partial charge in [0.25, 0.3) is 0 Å². The van der Waals surface area contributed by atoms with Crippen LogP contribution in [0.3, 0.4) is 0 Å². The van der Waals surface area contributed by atoms with Gasteiger partial charge in [-0.2, -0.15) is 0 Å². The summed E-state index contributed by atoms with van der Waals surface area (Å²) in [4.78, 5) is 0. The molecule has 1 N–H and O–H groups in total. The first-order valence-corrected chi connectivity index (χ1v) is 6.85. The minimum absolute atomic E-state index is 0.179. The maximum atomic E-state index is 13.0. The monoisotopic (exact) mass is 251 g/mol. The van der Waals surface area contributed by atoms with Crippen molar-refractivity contribution in [3.8, 4) is 5.75 Å². The summed E-state index contributed by atoms with van der Waals surface area (Å²) in [5.74, 6) is 1.43. The Morgan fingerprint density at radius 1 is 1.33 bits per heavy atom. The van der Waals surface area contributed by atoms with Gasteiger partial charge in [-0.15, -0.1) is 0 Å². The third-order valence-electron chi connectivity index (χ3n) is 3.58. The number of aryl methyl sites for hydroxylation is 1. The molecule has 100 valence electrons. The van der Waals surface area contributed by atoms with Crippen molar-refractivity contribution in [1.82, 2.24) is 5.32 Å². The molecule has 0 saturated heterocycles. The molecule has 18 heavy (non-hydrogen) atoms. The van der Waals surface area contributed by atoms with Crippen molar-refractivity contribution in [3.63, 3.8) is 0 Å². The Morgan fingerprint density at radius 2 is 2.11 bits per heavy atom. The lowest BCUT2D eigenvalue weighted by Gasteiger charge is -2.11. The van der Waals surface area contributed by atoms with E-state index in [9.17, 15) is 4.39 Å². The lowest BCUT2D eigenvalue weighted by atomic mass is 10.1. The van der Waals surface area contributed by atoms with E-state index in [1.807, 2.05) is 0 Å². The minimum atomic E-state index is -0.179. The molecule has 2 rings (SSSR count). The second kappa shape index (κ2) is 6.74. The number of nitrogens with one attached hydrogen (secondary N) is 1. The smallest absolute Gasteiger partial charge is 0.126 e. The first kappa shape index (κ1) is 13.3. The van der Waals surface area contributed by atoms with Crippen molar-refractivity contribution in [2.24, 2.45) is 5.92 Å². The first-order valence-electron chi connectivity index (χ1n) is 6.85. The van der Waals surface area contributed by atoms with Crippen molar-refractivity contribution in [2.45, 2.75) is 32.6 Å². The van der Waals surface area contributed by atoms with Crippen LogP contribution in [0.2, 0.25) is 0 Å². The van der Waals surface area contributed by atoms with E-state index in [2.05, 4.69) is 5.32 Å². The average molecular weight is 251 g/mol. The third kappa shape index (κ3) is 3.98. The summed E-state index contributed by atoms with van der Waals surface area (Å²) in [6.45, 7) is 4.34.